The molecule has 1 saturated heterocycles. The lowest BCUT2D eigenvalue weighted by Gasteiger charge is -2.40. The Balaban J connectivity index is 2.55. The number of nitrogens with two attached hydrogens (primary N) is 1. The van der Waals surface area contributed by atoms with Crippen molar-refractivity contribution in [1.29, 1.82) is 0 Å². The van der Waals surface area contributed by atoms with Crippen LogP contribution >= 0.6 is 0 Å². The third-order valence-electron chi connectivity index (χ3n) is 9.26. The molecular weight excluding hydrogens is 436 g/mol. The van der Waals surface area contributed by atoms with Gasteiger partial charge in [0.1, 0.15) is 0 Å². The smallest absolute Gasteiger partial charge is 0.0221 e. The quantitative estimate of drug-likeness (QED) is 0.166. The van der Waals surface area contributed by atoms with Crippen molar-refractivity contribution < 1.29 is 0 Å². The average molecular weight is 507 g/mol. The second-order valence-electron chi connectivity index (χ2n) is 12.4. The van der Waals surface area contributed by atoms with Crippen molar-refractivity contribution in [3.63, 3.8) is 0 Å². The highest BCUT2D eigenvalue weighted by Crippen LogP contribution is 2.29. The molecule has 1 heterocycles. The zero-order chi connectivity index (χ0) is 26.1. The second kappa shape index (κ2) is 25.2. The lowest BCUT2D eigenvalue weighted by molar-refractivity contribution is 0.0851. The van der Waals surface area contributed by atoms with E-state index in [0.29, 0.717) is 12.1 Å². The van der Waals surface area contributed by atoms with Gasteiger partial charge in [-0.05, 0) is 45.1 Å². The van der Waals surface area contributed by atoms with Gasteiger partial charge in [0, 0.05) is 18.6 Å². The molecule has 0 radical (unpaired) electrons. The van der Waals surface area contributed by atoms with Crippen LogP contribution in [-0.2, 0) is 0 Å². The minimum Gasteiger partial charge on any atom is -0.329 e. The van der Waals surface area contributed by atoms with Crippen molar-refractivity contribution in [2.75, 3.05) is 13.1 Å². The van der Waals surface area contributed by atoms with E-state index in [0.717, 1.165) is 12.5 Å². The van der Waals surface area contributed by atoms with Gasteiger partial charge in [0.05, 0.1) is 0 Å². The lowest BCUT2D eigenvalue weighted by Crippen LogP contribution is -2.49. The Morgan fingerprint density at radius 3 is 1.64 bits per heavy atom. The number of hydrogen-bond donors (Lipinski definition) is 1. The number of hydrogen-bond acceptors (Lipinski definition) is 2. The summed E-state index contributed by atoms with van der Waals surface area (Å²) in [6.07, 6.45) is 37.1. The Bertz CT molecular complexity index is 437. The van der Waals surface area contributed by atoms with Crippen LogP contribution in [-0.4, -0.2) is 30.1 Å². The highest BCUT2D eigenvalue weighted by Gasteiger charge is 2.28. The molecular formula is C34H70N2. The van der Waals surface area contributed by atoms with Crippen LogP contribution < -0.4 is 5.73 Å². The van der Waals surface area contributed by atoms with Crippen molar-refractivity contribution >= 4 is 0 Å². The maximum absolute atomic E-state index is 6.47. The van der Waals surface area contributed by atoms with Gasteiger partial charge >= 0.3 is 0 Å². The maximum Gasteiger partial charge on any atom is 0.0221 e. The molecule has 0 aromatic carbocycles. The maximum atomic E-state index is 6.47. The first-order valence-electron chi connectivity index (χ1n) is 17.2. The minimum absolute atomic E-state index is 0.601. The summed E-state index contributed by atoms with van der Waals surface area (Å²) in [6.45, 7) is 9.35. The number of rotatable bonds is 20. The predicted molar refractivity (Wildman–Crippen MR) is 164 cm³/mol. The molecule has 3 unspecified atom stereocenters. The SMILES string of the molecule is CCCCCCCCCCCC(CN)N1CCCCCCCCCC(CCCCCCCCC)C1C. The third-order valence-corrected chi connectivity index (χ3v) is 9.26. The first kappa shape index (κ1) is 33.9. The third kappa shape index (κ3) is 17.4. The molecule has 1 fully saturated rings. The van der Waals surface area contributed by atoms with Crippen LogP contribution in [0.1, 0.15) is 188 Å². The molecule has 1 rings (SSSR count). The monoisotopic (exact) mass is 507 g/mol. The van der Waals surface area contributed by atoms with Gasteiger partial charge in [-0.1, -0.05) is 155 Å². The van der Waals surface area contributed by atoms with Gasteiger partial charge in [0.25, 0.3) is 0 Å². The molecule has 3 atom stereocenters. The highest BCUT2D eigenvalue weighted by atomic mass is 15.2. The number of unbranched alkanes of at least 4 members (excludes halogenated alkanes) is 14. The Labute approximate surface area is 229 Å². The van der Waals surface area contributed by atoms with Gasteiger partial charge in [-0.15, -0.1) is 0 Å². The zero-order valence-electron chi connectivity index (χ0n) is 25.6. The van der Waals surface area contributed by atoms with Gasteiger partial charge in [-0.25, -0.2) is 0 Å². The topological polar surface area (TPSA) is 29.3 Å². The summed E-state index contributed by atoms with van der Waals surface area (Å²) in [5.41, 5.74) is 6.47. The van der Waals surface area contributed by atoms with Crippen LogP contribution in [0.3, 0.4) is 0 Å². The molecule has 1 aliphatic rings. The van der Waals surface area contributed by atoms with E-state index in [1.165, 1.54) is 173 Å². The molecule has 0 spiro atoms. The zero-order valence-corrected chi connectivity index (χ0v) is 25.6. The van der Waals surface area contributed by atoms with E-state index in [9.17, 15) is 0 Å². The molecule has 216 valence electrons. The summed E-state index contributed by atoms with van der Waals surface area (Å²) in [7, 11) is 0. The number of nitrogens with zero attached hydrogens (tertiary/aromatic N) is 1. The summed E-state index contributed by atoms with van der Waals surface area (Å²) in [5.74, 6) is 0.872. The first-order chi connectivity index (χ1) is 17.7. The van der Waals surface area contributed by atoms with E-state index in [4.69, 9.17) is 5.73 Å². The standard InChI is InChI=1S/C34H70N2/c1-4-6-8-10-12-13-17-21-25-29-34(31-35)36-30-26-22-18-14-16-20-24-28-33(32(36)3)27-23-19-15-11-9-7-5-2/h32-34H,4-31,35H2,1-3H3. The Hall–Kier alpha value is -0.0800. The molecule has 0 amide bonds. The highest BCUT2D eigenvalue weighted by molar-refractivity contribution is 4.83. The summed E-state index contributed by atoms with van der Waals surface area (Å²) in [5, 5.41) is 0. The summed E-state index contributed by atoms with van der Waals surface area (Å²) < 4.78 is 0. The second-order valence-corrected chi connectivity index (χ2v) is 12.4. The van der Waals surface area contributed by atoms with Crippen molar-refractivity contribution in [2.24, 2.45) is 11.7 Å². The van der Waals surface area contributed by atoms with E-state index in [1.54, 1.807) is 0 Å². The van der Waals surface area contributed by atoms with Crippen LogP contribution in [0.25, 0.3) is 0 Å². The normalized spacial score (nSPS) is 21.7. The molecule has 36 heavy (non-hydrogen) atoms. The molecule has 0 aromatic rings. The molecule has 2 heteroatoms. The molecule has 0 aromatic heterocycles. The van der Waals surface area contributed by atoms with Crippen LogP contribution in [0.15, 0.2) is 0 Å². The Morgan fingerprint density at radius 1 is 0.611 bits per heavy atom. The molecule has 2 N–H and O–H groups in total. The van der Waals surface area contributed by atoms with E-state index in [1.807, 2.05) is 0 Å². The molecule has 2 nitrogen and oxygen atoms in total. The van der Waals surface area contributed by atoms with Crippen molar-refractivity contribution in [2.45, 2.75) is 200 Å². The van der Waals surface area contributed by atoms with Crippen molar-refractivity contribution in [3.8, 4) is 0 Å². The van der Waals surface area contributed by atoms with E-state index in [2.05, 4.69) is 25.7 Å². The largest absolute Gasteiger partial charge is 0.329 e. The molecule has 0 aliphatic carbocycles. The molecule has 0 saturated carbocycles. The average Bonchev–Trinajstić information content (AvgIpc) is 2.88. The fourth-order valence-electron chi connectivity index (χ4n) is 6.67. The van der Waals surface area contributed by atoms with Crippen LogP contribution in [0.2, 0.25) is 0 Å². The summed E-state index contributed by atoms with van der Waals surface area (Å²) in [6, 6.07) is 1.31. The van der Waals surface area contributed by atoms with Crippen LogP contribution in [0.5, 0.6) is 0 Å². The van der Waals surface area contributed by atoms with Gasteiger partial charge in [0.15, 0.2) is 0 Å². The summed E-state index contributed by atoms with van der Waals surface area (Å²) >= 11 is 0. The van der Waals surface area contributed by atoms with Gasteiger partial charge in [-0.2, -0.15) is 0 Å². The van der Waals surface area contributed by atoms with E-state index >= 15 is 0 Å². The van der Waals surface area contributed by atoms with Crippen molar-refractivity contribution in [1.82, 2.24) is 4.90 Å². The van der Waals surface area contributed by atoms with Crippen LogP contribution in [0.4, 0.5) is 0 Å². The van der Waals surface area contributed by atoms with Gasteiger partial charge < -0.3 is 5.73 Å². The fraction of sp³-hybridized carbons (Fsp3) is 1.00. The predicted octanol–water partition coefficient (Wildman–Crippen LogP) is 10.8. The van der Waals surface area contributed by atoms with Crippen molar-refractivity contribution in [3.05, 3.63) is 0 Å². The van der Waals surface area contributed by atoms with E-state index in [-0.39, 0.29) is 0 Å². The van der Waals surface area contributed by atoms with E-state index < -0.39 is 0 Å². The lowest BCUT2D eigenvalue weighted by atomic mass is 9.86. The van der Waals surface area contributed by atoms with Crippen LogP contribution in [0, 0.1) is 5.92 Å². The fourth-order valence-corrected chi connectivity index (χ4v) is 6.67. The Morgan fingerprint density at radius 2 is 1.08 bits per heavy atom. The first-order valence-corrected chi connectivity index (χ1v) is 17.2. The minimum atomic E-state index is 0.601. The Kier molecular flexibility index (Phi) is 23.8. The van der Waals surface area contributed by atoms with Gasteiger partial charge in [-0.3, -0.25) is 4.90 Å². The molecule has 0 bridgehead atoms. The summed E-state index contributed by atoms with van der Waals surface area (Å²) in [4.78, 5) is 2.91. The van der Waals surface area contributed by atoms with Gasteiger partial charge in [0.2, 0.25) is 0 Å². The molecule has 1 aliphatic heterocycles.